The summed E-state index contributed by atoms with van der Waals surface area (Å²) >= 11 is 5.87. The number of amides is 1. The van der Waals surface area contributed by atoms with E-state index in [0.29, 0.717) is 5.56 Å². The van der Waals surface area contributed by atoms with E-state index in [2.05, 4.69) is 5.32 Å². The van der Waals surface area contributed by atoms with Crippen LogP contribution in [-0.4, -0.2) is 23.3 Å². The molecule has 0 atom stereocenters. The van der Waals surface area contributed by atoms with Crippen molar-refractivity contribution in [2.24, 2.45) is 0 Å². The molecule has 0 radical (unpaired) electrons. The van der Waals surface area contributed by atoms with Crippen LogP contribution < -0.4 is 5.32 Å². The van der Waals surface area contributed by atoms with E-state index in [-0.39, 0.29) is 41.5 Å². The van der Waals surface area contributed by atoms with Crippen LogP contribution >= 0.6 is 11.6 Å². The van der Waals surface area contributed by atoms with Crippen LogP contribution in [0.1, 0.15) is 22.3 Å². The Labute approximate surface area is 137 Å². The lowest BCUT2D eigenvalue weighted by molar-refractivity contribution is -0.118. The molecule has 4 nitrogen and oxygen atoms in total. The van der Waals surface area contributed by atoms with Crippen molar-refractivity contribution in [3.8, 4) is 5.75 Å². The number of carbonyl (C=O) groups excluding carboxylic acids is 2. The van der Waals surface area contributed by atoms with E-state index >= 15 is 0 Å². The molecule has 0 fully saturated rings. The van der Waals surface area contributed by atoms with Crippen molar-refractivity contribution in [1.82, 2.24) is 5.32 Å². The Bertz CT molecular complexity index is 734. The van der Waals surface area contributed by atoms with Gasteiger partial charge in [-0.1, -0.05) is 29.8 Å². The molecule has 0 aromatic heterocycles. The summed E-state index contributed by atoms with van der Waals surface area (Å²) < 4.78 is 12.9. The first-order chi connectivity index (χ1) is 11.0. The minimum atomic E-state index is -0.457. The fourth-order valence-corrected chi connectivity index (χ4v) is 2.28. The number of carbonyl (C=O) groups is 2. The number of aromatic hydroxyl groups is 1. The van der Waals surface area contributed by atoms with Gasteiger partial charge in [0, 0.05) is 24.4 Å². The predicted molar refractivity (Wildman–Crippen MR) is 85.2 cm³/mol. The van der Waals surface area contributed by atoms with Gasteiger partial charge in [0.15, 0.2) is 0 Å². The van der Waals surface area contributed by atoms with Crippen LogP contribution in [0.3, 0.4) is 0 Å². The third-order valence-electron chi connectivity index (χ3n) is 3.24. The molecule has 0 bridgehead atoms. The topological polar surface area (TPSA) is 66.4 Å². The van der Waals surface area contributed by atoms with E-state index in [1.807, 2.05) is 0 Å². The van der Waals surface area contributed by atoms with Gasteiger partial charge in [0.1, 0.15) is 17.3 Å². The zero-order valence-corrected chi connectivity index (χ0v) is 12.9. The number of hydrogen-bond donors (Lipinski definition) is 2. The standard InChI is InChI=1S/C17H15ClFNO3/c18-15-10-12(19)6-5-11(15)9-13(21)7-8-20-17(23)14-3-1-2-4-16(14)22/h1-6,10,22H,7-9H2,(H,20,23). The van der Waals surface area contributed by atoms with Crippen molar-refractivity contribution in [3.63, 3.8) is 0 Å². The molecule has 23 heavy (non-hydrogen) atoms. The minimum absolute atomic E-state index is 0.0750. The van der Waals surface area contributed by atoms with Gasteiger partial charge in [0.05, 0.1) is 5.56 Å². The fourth-order valence-electron chi connectivity index (χ4n) is 2.04. The Morgan fingerprint density at radius 3 is 2.61 bits per heavy atom. The number of rotatable bonds is 6. The first-order valence-corrected chi connectivity index (χ1v) is 7.37. The number of hydrogen-bond acceptors (Lipinski definition) is 3. The minimum Gasteiger partial charge on any atom is -0.507 e. The highest BCUT2D eigenvalue weighted by Gasteiger charge is 2.11. The molecule has 0 aliphatic rings. The van der Waals surface area contributed by atoms with Crippen molar-refractivity contribution >= 4 is 23.3 Å². The Morgan fingerprint density at radius 2 is 1.91 bits per heavy atom. The SMILES string of the molecule is O=C(CCNC(=O)c1ccccc1O)Cc1ccc(F)cc1Cl. The maximum Gasteiger partial charge on any atom is 0.255 e. The van der Waals surface area contributed by atoms with Gasteiger partial charge in [0.25, 0.3) is 5.91 Å². The van der Waals surface area contributed by atoms with Gasteiger partial charge in [-0.2, -0.15) is 0 Å². The number of halogens is 2. The lowest BCUT2D eigenvalue weighted by atomic mass is 10.1. The highest BCUT2D eigenvalue weighted by atomic mass is 35.5. The molecular formula is C17H15ClFNO3. The molecule has 2 aromatic rings. The summed E-state index contributed by atoms with van der Waals surface area (Å²) in [6.07, 6.45) is 0.193. The second kappa shape index (κ2) is 7.74. The van der Waals surface area contributed by atoms with Crippen molar-refractivity contribution in [1.29, 1.82) is 0 Å². The van der Waals surface area contributed by atoms with E-state index in [0.717, 1.165) is 6.07 Å². The zero-order chi connectivity index (χ0) is 16.8. The molecule has 6 heteroatoms. The number of benzene rings is 2. The maximum atomic E-state index is 12.9. The number of Topliss-reactive ketones (excluding diaryl/α,β-unsaturated/α-hetero) is 1. The van der Waals surface area contributed by atoms with E-state index < -0.39 is 11.7 Å². The molecule has 0 aliphatic carbocycles. The molecule has 2 rings (SSSR count). The lowest BCUT2D eigenvalue weighted by Crippen LogP contribution is -2.26. The average molecular weight is 336 g/mol. The number of para-hydroxylation sites is 1. The number of ketones is 1. The van der Waals surface area contributed by atoms with E-state index in [1.54, 1.807) is 12.1 Å². The van der Waals surface area contributed by atoms with Crippen molar-refractivity contribution in [3.05, 3.63) is 64.4 Å². The molecule has 1 amide bonds. The van der Waals surface area contributed by atoms with Crippen LogP contribution in [0.2, 0.25) is 5.02 Å². The van der Waals surface area contributed by atoms with E-state index in [1.165, 1.54) is 24.3 Å². The molecule has 0 aliphatic heterocycles. The zero-order valence-electron chi connectivity index (χ0n) is 12.2. The van der Waals surface area contributed by atoms with Crippen LogP contribution in [0.5, 0.6) is 5.75 Å². The molecule has 120 valence electrons. The Hall–Kier alpha value is -2.40. The van der Waals surface area contributed by atoms with Crippen LogP contribution in [0.4, 0.5) is 4.39 Å². The molecule has 0 unspecified atom stereocenters. The molecule has 0 saturated carbocycles. The second-order valence-electron chi connectivity index (χ2n) is 4.97. The number of nitrogens with one attached hydrogen (secondary N) is 1. The van der Waals surface area contributed by atoms with Gasteiger partial charge in [-0.05, 0) is 29.8 Å². The Balaban J connectivity index is 1.83. The lowest BCUT2D eigenvalue weighted by Gasteiger charge is -2.07. The highest BCUT2D eigenvalue weighted by Crippen LogP contribution is 2.18. The molecule has 2 aromatic carbocycles. The van der Waals surface area contributed by atoms with E-state index in [9.17, 15) is 19.1 Å². The summed E-state index contributed by atoms with van der Waals surface area (Å²) in [5.41, 5.74) is 0.701. The van der Waals surface area contributed by atoms with Crippen LogP contribution in [-0.2, 0) is 11.2 Å². The van der Waals surface area contributed by atoms with Gasteiger partial charge < -0.3 is 10.4 Å². The monoisotopic (exact) mass is 335 g/mol. The summed E-state index contributed by atoms with van der Waals surface area (Å²) in [6.45, 7) is 0.144. The first-order valence-electron chi connectivity index (χ1n) is 6.99. The third-order valence-corrected chi connectivity index (χ3v) is 3.59. The Morgan fingerprint density at radius 1 is 1.17 bits per heavy atom. The van der Waals surface area contributed by atoms with Gasteiger partial charge in [-0.25, -0.2) is 4.39 Å². The smallest absolute Gasteiger partial charge is 0.255 e. The molecular weight excluding hydrogens is 321 g/mol. The summed E-state index contributed by atoms with van der Waals surface area (Å²) in [5.74, 6) is -1.15. The average Bonchev–Trinajstić information content (AvgIpc) is 2.50. The maximum absolute atomic E-state index is 12.9. The largest absolute Gasteiger partial charge is 0.507 e. The van der Waals surface area contributed by atoms with Gasteiger partial charge >= 0.3 is 0 Å². The summed E-state index contributed by atoms with van der Waals surface area (Å²) in [5, 5.41) is 12.3. The molecule has 2 N–H and O–H groups in total. The van der Waals surface area contributed by atoms with Crippen LogP contribution in [0.25, 0.3) is 0 Å². The quantitative estimate of drug-likeness (QED) is 0.852. The summed E-state index contributed by atoms with van der Waals surface area (Å²) in [4.78, 5) is 23.7. The number of phenols is 1. The third kappa shape index (κ3) is 4.79. The second-order valence-corrected chi connectivity index (χ2v) is 5.38. The van der Waals surface area contributed by atoms with Crippen molar-refractivity contribution in [2.45, 2.75) is 12.8 Å². The van der Waals surface area contributed by atoms with E-state index in [4.69, 9.17) is 11.6 Å². The van der Waals surface area contributed by atoms with Gasteiger partial charge in [-0.15, -0.1) is 0 Å². The van der Waals surface area contributed by atoms with Crippen molar-refractivity contribution in [2.75, 3.05) is 6.54 Å². The number of phenolic OH excluding ortho intramolecular Hbond substituents is 1. The first kappa shape index (κ1) is 17.0. The predicted octanol–water partition coefficient (Wildman–Crippen LogP) is 3.12. The normalized spacial score (nSPS) is 10.3. The summed E-state index contributed by atoms with van der Waals surface area (Å²) in [6, 6.07) is 10.0. The molecule has 0 spiro atoms. The Kier molecular flexibility index (Phi) is 5.71. The molecule has 0 heterocycles. The summed E-state index contributed by atoms with van der Waals surface area (Å²) in [7, 11) is 0. The fraction of sp³-hybridized carbons (Fsp3) is 0.176. The van der Waals surface area contributed by atoms with Gasteiger partial charge in [-0.3, -0.25) is 9.59 Å². The van der Waals surface area contributed by atoms with Crippen LogP contribution in [0.15, 0.2) is 42.5 Å². The van der Waals surface area contributed by atoms with Crippen molar-refractivity contribution < 1.29 is 19.1 Å². The highest BCUT2D eigenvalue weighted by molar-refractivity contribution is 6.31. The van der Waals surface area contributed by atoms with Crippen LogP contribution in [0, 0.1) is 5.82 Å². The van der Waals surface area contributed by atoms with Gasteiger partial charge in [0.2, 0.25) is 0 Å². The molecule has 0 saturated heterocycles.